The van der Waals surface area contributed by atoms with E-state index in [1.54, 1.807) is 6.92 Å². The SMILES string of the molecule is C[C@H]1COS(=O)N1C(=O)OCC1c2ccccc2-c2ccccc21. The Balaban J connectivity index is 1.57. The van der Waals surface area contributed by atoms with E-state index in [2.05, 4.69) is 24.3 Å². The Labute approximate surface area is 143 Å². The third-order valence-electron chi connectivity index (χ3n) is 4.49. The number of carbonyl (C=O) groups excluding carboxylic acids is 1. The van der Waals surface area contributed by atoms with Crippen LogP contribution in [0.15, 0.2) is 48.5 Å². The van der Waals surface area contributed by atoms with Gasteiger partial charge in [0.2, 0.25) is 0 Å². The second-order valence-corrected chi connectivity index (χ2v) is 7.04. The van der Waals surface area contributed by atoms with Crippen LogP contribution in [0.5, 0.6) is 0 Å². The summed E-state index contributed by atoms with van der Waals surface area (Å²) in [5.41, 5.74) is 4.66. The van der Waals surface area contributed by atoms with Gasteiger partial charge in [-0.05, 0) is 29.2 Å². The van der Waals surface area contributed by atoms with E-state index >= 15 is 0 Å². The Morgan fingerprint density at radius 3 is 2.29 bits per heavy atom. The van der Waals surface area contributed by atoms with Crippen molar-refractivity contribution in [1.82, 2.24) is 4.31 Å². The first-order valence-corrected chi connectivity index (χ1v) is 8.89. The van der Waals surface area contributed by atoms with Crippen LogP contribution in [0.4, 0.5) is 4.79 Å². The molecule has 0 saturated carbocycles. The van der Waals surface area contributed by atoms with Crippen LogP contribution in [0.25, 0.3) is 11.1 Å². The Kier molecular flexibility index (Phi) is 3.86. The Hall–Kier alpha value is -2.18. The van der Waals surface area contributed by atoms with E-state index in [0.29, 0.717) is 0 Å². The molecule has 2 aliphatic rings. The molecule has 1 fully saturated rings. The first-order valence-electron chi connectivity index (χ1n) is 7.86. The summed E-state index contributed by atoms with van der Waals surface area (Å²) in [4.78, 5) is 12.3. The number of amides is 1. The summed E-state index contributed by atoms with van der Waals surface area (Å²) in [6.07, 6.45) is -0.597. The van der Waals surface area contributed by atoms with Crippen LogP contribution in [0.1, 0.15) is 24.0 Å². The van der Waals surface area contributed by atoms with Crippen molar-refractivity contribution in [3.8, 4) is 11.1 Å². The normalized spacial score (nSPS) is 22.3. The molecule has 5 nitrogen and oxygen atoms in total. The van der Waals surface area contributed by atoms with Crippen molar-refractivity contribution in [2.45, 2.75) is 18.9 Å². The fraction of sp³-hybridized carbons (Fsp3) is 0.278. The van der Waals surface area contributed by atoms with Gasteiger partial charge in [-0.1, -0.05) is 48.5 Å². The summed E-state index contributed by atoms with van der Waals surface area (Å²) in [6.45, 7) is 2.26. The molecule has 1 heterocycles. The average Bonchev–Trinajstić information content (AvgIpc) is 3.10. The van der Waals surface area contributed by atoms with Crippen LogP contribution >= 0.6 is 0 Å². The van der Waals surface area contributed by atoms with Crippen molar-refractivity contribution < 1.29 is 17.9 Å². The van der Waals surface area contributed by atoms with E-state index in [1.807, 2.05) is 24.3 Å². The van der Waals surface area contributed by atoms with Crippen molar-refractivity contribution in [1.29, 1.82) is 0 Å². The van der Waals surface area contributed by atoms with Gasteiger partial charge in [-0.15, -0.1) is 0 Å². The average molecular weight is 343 g/mol. The molecule has 2 atom stereocenters. The molecule has 1 saturated heterocycles. The molecule has 0 aromatic heterocycles. The molecule has 1 aliphatic carbocycles. The Morgan fingerprint density at radius 2 is 1.75 bits per heavy atom. The van der Waals surface area contributed by atoms with Gasteiger partial charge in [0.05, 0.1) is 12.6 Å². The highest BCUT2D eigenvalue weighted by Gasteiger charge is 2.36. The van der Waals surface area contributed by atoms with Crippen LogP contribution in [-0.2, 0) is 20.2 Å². The van der Waals surface area contributed by atoms with Gasteiger partial charge in [0.15, 0.2) is 0 Å². The molecule has 1 unspecified atom stereocenters. The highest BCUT2D eigenvalue weighted by molar-refractivity contribution is 7.78. The summed E-state index contributed by atoms with van der Waals surface area (Å²) in [7, 11) is 0. The molecule has 4 rings (SSSR count). The number of rotatable bonds is 2. The number of fused-ring (bicyclic) bond motifs is 3. The third kappa shape index (κ3) is 2.42. The van der Waals surface area contributed by atoms with E-state index < -0.39 is 17.4 Å². The highest BCUT2D eigenvalue weighted by atomic mass is 32.2. The number of carbonyl (C=O) groups is 1. The summed E-state index contributed by atoms with van der Waals surface area (Å²) in [5.74, 6) is -0.00591. The number of ether oxygens (including phenoxy) is 1. The highest BCUT2D eigenvalue weighted by Crippen LogP contribution is 2.44. The maximum absolute atomic E-state index is 12.3. The molecule has 0 radical (unpaired) electrons. The predicted octanol–water partition coefficient (Wildman–Crippen LogP) is 3.23. The minimum Gasteiger partial charge on any atom is -0.448 e. The van der Waals surface area contributed by atoms with Gasteiger partial charge in [-0.3, -0.25) is 4.18 Å². The molecule has 1 amide bonds. The Bertz CT molecular complexity index is 777. The van der Waals surface area contributed by atoms with Crippen LogP contribution < -0.4 is 0 Å². The van der Waals surface area contributed by atoms with Crippen LogP contribution in [0.2, 0.25) is 0 Å². The van der Waals surface area contributed by atoms with Gasteiger partial charge in [-0.25, -0.2) is 9.00 Å². The van der Waals surface area contributed by atoms with Crippen LogP contribution in [-0.4, -0.2) is 33.9 Å². The first kappa shape index (κ1) is 15.4. The number of hydrogen-bond acceptors (Lipinski definition) is 4. The van der Waals surface area contributed by atoms with E-state index in [9.17, 15) is 9.00 Å². The molecule has 124 valence electrons. The van der Waals surface area contributed by atoms with Crippen molar-refractivity contribution >= 4 is 17.4 Å². The van der Waals surface area contributed by atoms with Crippen molar-refractivity contribution in [3.63, 3.8) is 0 Å². The zero-order valence-corrected chi connectivity index (χ0v) is 14.0. The standard InChI is InChI=1S/C18H17NO4S/c1-12-10-23-24(21)19(12)18(20)22-11-17-15-8-4-2-6-13(15)14-7-3-5-9-16(14)17/h2-9,12,17H,10-11H2,1H3/t12-,24?/m0/s1. The lowest BCUT2D eigenvalue weighted by Gasteiger charge is -2.19. The molecule has 2 aromatic carbocycles. The first-order chi connectivity index (χ1) is 11.7. The topological polar surface area (TPSA) is 55.8 Å². The minimum atomic E-state index is -1.76. The maximum atomic E-state index is 12.3. The zero-order valence-electron chi connectivity index (χ0n) is 13.2. The lowest BCUT2D eigenvalue weighted by molar-refractivity contribution is 0.119. The summed E-state index contributed by atoms with van der Waals surface area (Å²) in [5, 5.41) is 0. The summed E-state index contributed by atoms with van der Waals surface area (Å²) in [6, 6.07) is 16.0. The van der Waals surface area contributed by atoms with Gasteiger partial charge in [-0.2, -0.15) is 4.31 Å². The lowest BCUT2D eigenvalue weighted by Crippen LogP contribution is -2.36. The molecule has 2 aromatic rings. The zero-order chi connectivity index (χ0) is 16.7. The van der Waals surface area contributed by atoms with Crippen molar-refractivity contribution in [2.24, 2.45) is 0 Å². The molecule has 6 heteroatoms. The fourth-order valence-electron chi connectivity index (χ4n) is 3.33. The largest absolute Gasteiger partial charge is 0.448 e. The van der Waals surface area contributed by atoms with E-state index in [1.165, 1.54) is 11.1 Å². The monoisotopic (exact) mass is 343 g/mol. The van der Waals surface area contributed by atoms with Gasteiger partial charge in [0.1, 0.15) is 6.61 Å². The molecule has 0 N–H and O–H groups in total. The third-order valence-corrected chi connectivity index (χ3v) is 5.65. The predicted molar refractivity (Wildman–Crippen MR) is 90.5 cm³/mol. The molecule has 0 spiro atoms. The van der Waals surface area contributed by atoms with Gasteiger partial charge >= 0.3 is 6.09 Å². The number of benzene rings is 2. The van der Waals surface area contributed by atoms with Gasteiger partial charge in [0.25, 0.3) is 11.3 Å². The van der Waals surface area contributed by atoms with Crippen LogP contribution in [0, 0.1) is 0 Å². The second kappa shape index (κ2) is 6.03. The van der Waals surface area contributed by atoms with Crippen molar-refractivity contribution in [2.75, 3.05) is 13.2 Å². The molecular formula is C18H17NO4S. The molecule has 1 aliphatic heterocycles. The van der Waals surface area contributed by atoms with Gasteiger partial charge < -0.3 is 4.74 Å². The smallest absolute Gasteiger partial charge is 0.423 e. The van der Waals surface area contributed by atoms with Gasteiger partial charge in [0, 0.05) is 5.92 Å². The second-order valence-electron chi connectivity index (χ2n) is 5.98. The summed E-state index contributed by atoms with van der Waals surface area (Å²) < 4.78 is 23.3. The fourth-order valence-corrected chi connectivity index (χ4v) is 4.28. The molecule has 0 bridgehead atoms. The van der Waals surface area contributed by atoms with E-state index in [4.69, 9.17) is 8.92 Å². The van der Waals surface area contributed by atoms with Crippen LogP contribution in [0.3, 0.4) is 0 Å². The number of nitrogens with zero attached hydrogens (tertiary/aromatic N) is 1. The van der Waals surface area contributed by atoms with E-state index in [-0.39, 0.29) is 25.2 Å². The lowest BCUT2D eigenvalue weighted by atomic mass is 9.98. The quantitative estimate of drug-likeness (QED) is 0.840. The number of hydrogen-bond donors (Lipinski definition) is 0. The molecule has 24 heavy (non-hydrogen) atoms. The minimum absolute atomic E-state index is 0.00591. The Morgan fingerprint density at radius 1 is 1.17 bits per heavy atom. The van der Waals surface area contributed by atoms with E-state index in [0.717, 1.165) is 15.4 Å². The molecular weight excluding hydrogens is 326 g/mol. The maximum Gasteiger partial charge on any atom is 0.423 e. The van der Waals surface area contributed by atoms with Crippen molar-refractivity contribution in [3.05, 3.63) is 59.7 Å². The summed E-state index contributed by atoms with van der Waals surface area (Å²) >= 11 is -1.76.